The van der Waals surface area contributed by atoms with Crippen LogP contribution in [-0.4, -0.2) is 32.2 Å². The van der Waals surface area contributed by atoms with Crippen LogP contribution in [0.25, 0.3) is 0 Å². The van der Waals surface area contributed by atoms with Crippen LogP contribution in [0.15, 0.2) is 4.34 Å². The van der Waals surface area contributed by atoms with Crippen molar-refractivity contribution in [3.63, 3.8) is 0 Å². The van der Waals surface area contributed by atoms with Crippen LogP contribution in [0, 0.1) is 0 Å². The van der Waals surface area contributed by atoms with Crippen molar-refractivity contribution in [2.24, 2.45) is 0 Å². The third kappa shape index (κ3) is 3.81. The van der Waals surface area contributed by atoms with Crippen LogP contribution >= 0.6 is 34.9 Å². The summed E-state index contributed by atoms with van der Waals surface area (Å²) in [6, 6.07) is 0. The number of thioether (sulfide) groups is 1. The van der Waals surface area contributed by atoms with Crippen molar-refractivity contribution in [3.05, 3.63) is 5.82 Å². The molecule has 0 fully saturated rings. The Balaban J connectivity index is 2.36. The zero-order chi connectivity index (χ0) is 9.68. The maximum atomic E-state index is 9.19. The molecule has 0 bridgehead atoms. The number of halogens is 1. The standard InChI is InChI=1S/C7H11ClN2OS2/c1-2-6-9-7(13-10-6)12-4-5(11)3-8/h5,11H,2-4H2,1H3. The van der Waals surface area contributed by atoms with Gasteiger partial charge in [0, 0.05) is 18.1 Å². The third-order valence-corrected chi connectivity index (χ3v) is 3.72. The van der Waals surface area contributed by atoms with Gasteiger partial charge in [-0.1, -0.05) is 18.7 Å². The summed E-state index contributed by atoms with van der Waals surface area (Å²) in [5.74, 6) is 1.72. The average molecular weight is 239 g/mol. The minimum Gasteiger partial charge on any atom is -0.391 e. The van der Waals surface area contributed by atoms with Crippen LogP contribution < -0.4 is 0 Å². The number of aryl methyl sites for hydroxylation is 1. The van der Waals surface area contributed by atoms with E-state index in [9.17, 15) is 5.11 Å². The van der Waals surface area contributed by atoms with Crippen molar-refractivity contribution < 1.29 is 5.11 Å². The SMILES string of the molecule is CCc1nsc(SCC(O)CCl)n1. The molecular weight excluding hydrogens is 228 g/mol. The molecule has 0 aliphatic carbocycles. The van der Waals surface area contributed by atoms with Gasteiger partial charge in [-0.2, -0.15) is 4.37 Å². The summed E-state index contributed by atoms with van der Waals surface area (Å²) < 4.78 is 5.04. The van der Waals surface area contributed by atoms with Crippen LogP contribution in [0.5, 0.6) is 0 Å². The van der Waals surface area contributed by atoms with Crippen LogP contribution in [0.3, 0.4) is 0 Å². The molecule has 0 aliphatic heterocycles. The lowest BCUT2D eigenvalue weighted by Crippen LogP contribution is -2.10. The summed E-state index contributed by atoms with van der Waals surface area (Å²) in [6.07, 6.45) is 0.399. The first kappa shape index (κ1) is 11.2. The summed E-state index contributed by atoms with van der Waals surface area (Å²) in [5, 5.41) is 9.19. The topological polar surface area (TPSA) is 46.0 Å². The molecule has 1 unspecified atom stereocenters. The maximum Gasteiger partial charge on any atom is 0.170 e. The number of rotatable bonds is 5. The minimum atomic E-state index is -0.458. The van der Waals surface area contributed by atoms with Gasteiger partial charge in [0.2, 0.25) is 0 Å². The molecule has 0 aliphatic rings. The first-order valence-corrected chi connectivity index (χ1v) is 6.25. The van der Waals surface area contributed by atoms with Crippen LogP contribution in [0.1, 0.15) is 12.7 Å². The summed E-state index contributed by atoms with van der Waals surface area (Å²) in [7, 11) is 0. The van der Waals surface area contributed by atoms with Crippen molar-refractivity contribution in [2.75, 3.05) is 11.6 Å². The predicted octanol–water partition coefficient (Wildman–Crippen LogP) is 1.79. The van der Waals surface area contributed by atoms with E-state index in [1.807, 2.05) is 6.92 Å². The molecule has 1 rings (SSSR count). The smallest absolute Gasteiger partial charge is 0.170 e. The van der Waals surface area contributed by atoms with E-state index in [1.54, 1.807) is 0 Å². The van der Waals surface area contributed by atoms with E-state index in [-0.39, 0.29) is 5.88 Å². The van der Waals surface area contributed by atoms with E-state index < -0.39 is 6.10 Å². The number of nitrogens with zero attached hydrogens (tertiary/aromatic N) is 2. The Bertz CT molecular complexity index is 256. The number of aromatic nitrogens is 2. The van der Waals surface area contributed by atoms with Gasteiger partial charge in [0.1, 0.15) is 5.82 Å². The largest absolute Gasteiger partial charge is 0.391 e. The van der Waals surface area contributed by atoms with Gasteiger partial charge < -0.3 is 5.11 Å². The van der Waals surface area contributed by atoms with Crippen LogP contribution in [-0.2, 0) is 6.42 Å². The molecule has 6 heteroatoms. The highest BCUT2D eigenvalue weighted by molar-refractivity contribution is 8.00. The zero-order valence-electron chi connectivity index (χ0n) is 7.23. The quantitative estimate of drug-likeness (QED) is 0.628. The Morgan fingerprint density at radius 3 is 3.00 bits per heavy atom. The highest BCUT2D eigenvalue weighted by atomic mass is 35.5. The average Bonchev–Trinajstić information content (AvgIpc) is 2.61. The zero-order valence-corrected chi connectivity index (χ0v) is 9.62. The molecule has 0 saturated heterocycles. The van der Waals surface area contributed by atoms with Crippen LogP contribution in [0.4, 0.5) is 0 Å². The number of alkyl halides is 1. The Kier molecular flexibility index (Phi) is 5.01. The maximum absolute atomic E-state index is 9.19. The molecule has 1 N–H and O–H groups in total. The number of hydrogen-bond acceptors (Lipinski definition) is 5. The summed E-state index contributed by atoms with van der Waals surface area (Å²) >= 11 is 8.33. The monoisotopic (exact) mass is 238 g/mol. The molecular formula is C7H11ClN2OS2. The van der Waals surface area contributed by atoms with E-state index in [4.69, 9.17) is 11.6 Å². The Morgan fingerprint density at radius 1 is 1.69 bits per heavy atom. The van der Waals surface area contributed by atoms with Gasteiger partial charge in [-0.25, -0.2) is 4.98 Å². The highest BCUT2D eigenvalue weighted by Gasteiger charge is 2.06. The molecule has 0 amide bonds. The molecule has 0 saturated carbocycles. The molecule has 0 aromatic carbocycles. The fourth-order valence-corrected chi connectivity index (χ4v) is 2.54. The summed E-state index contributed by atoms with van der Waals surface area (Å²) in [6.45, 7) is 2.02. The van der Waals surface area contributed by atoms with Crippen molar-refractivity contribution >= 4 is 34.9 Å². The molecule has 0 spiro atoms. The number of aliphatic hydroxyl groups is 1. The second kappa shape index (κ2) is 5.80. The molecule has 1 aromatic rings. The number of hydrogen-bond donors (Lipinski definition) is 1. The normalized spacial score (nSPS) is 13.2. The summed E-state index contributed by atoms with van der Waals surface area (Å²) in [5.41, 5.74) is 0. The number of aliphatic hydroxyl groups excluding tert-OH is 1. The lowest BCUT2D eigenvalue weighted by molar-refractivity contribution is 0.223. The van der Waals surface area contributed by atoms with E-state index >= 15 is 0 Å². The lowest BCUT2D eigenvalue weighted by Gasteiger charge is -2.02. The van der Waals surface area contributed by atoms with Crippen molar-refractivity contribution in [2.45, 2.75) is 23.8 Å². The molecule has 13 heavy (non-hydrogen) atoms. The molecule has 3 nitrogen and oxygen atoms in total. The van der Waals surface area contributed by atoms with Gasteiger partial charge in [-0.3, -0.25) is 0 Å². The summed E-state index contributed by atoms with van der Waals surface area (Å²) in [4.78, 5) is 4.25. The van der Waals surface area contributed by atoms with E-state index in [2.05, 4.69) is 9.36 Å². The van der Waals surface area contributed by atoms with Gasteiger partial charge in [0.05, 0.1) is 6.10 Å². The Morgan fingerprint density at radius 2 is 2.46 bits per heavy atom. The Labute approximate surface area is 90.7 Å². The van der Waals surface area contributed by atoms with Gasteiger partial charge in [0.15, 0.2) is 4.34 Å². The minimum absolute atomic E-state index is 0.270. The molecule has 74 valence electrons. The fraction of sp³-hybridized carbons (Fsp3) is 0.714. The lowest BCUT2D eigenvalue weighted by atomic mass is 10.5. The molecule has 1 atom stereocenters. The second-order valence-electron chi connectivity index (χ2n) is 2.45. The fourth-order valence-electron chi connectivity index (χ4n) is 0.652. The highest BCUT2D eigenvalue weighted by Crippen LogP contribution is 2.21. The third-order valence-electron chi connectivity index (χ3n) is 1.34. The van der Waals surface area contributed by atoms with Gasteiger partial charge in [-0.05, 0) is 11.5 Å². The van der Waals surface area contributed by atoms with Crippen molar-refractivity contribution in [3.8, 4) is 0 Å². The van der Waals surface area contributed by atoms with Crippen molar-refractivity contribution in [1.29, 1.82) is 0 Å². The molecule has 0 radical (unpaired) electrons. The van der Waals surface area contributed by atoms with Gasteiger partial charge in [-0.15, -0.1) is 11.6 Å². The van der Waals surface area contributed by atoms with E-state index in [0.29, 0.717) is 5.75 Å². The molecule has 1 heterocycles. The predicted molar refractivity (Wildman–Crippen MR) is 56.7 cm³/mol. The second-order valence-corrected chi connectivity index (χ2v) is 4.78. The van der Waals surface area contributed by atoms with Gasteiger partial charge >= 0.3 is 0 Å². The van der Waals surface area contributed by atoms with E-state index in [1.165, 1.54) is 23.3 Å². The van der Waals surface area contributed by atoms with Crippen molar-refractivity contribution in [1.82, 2.24) is 9.36 Å². The van der Waals surface area contributed by atoms with Crippen LogP contribution in [0.2, 0.25) is 0 Å². The first-order valence-electron chi connectivity index (χ1n) is 3.95. The van der Waals surface area contributed by atoms with Gasteiger partial charge in [0.25, 0.3) is 0 Å². The Hall–Kier alpha value is 0.160. The molecule has 1 aromatic heterocycles. The van der Waals surface area contributed by atoms with E-state index in [0.717, 1.165) is 16.6 Å². The first-order chi connectivity index (χ1) is 6.26.